The molecule has 0 aromatic carbocycles. The van der Waals surface area contributed by atoms with Crippen molar-refractivity contribution in [2.45, 2.75) is 43.6 Å². The Morgan fingerprint density at radius 3 is 2.60 bits per heavy atom. The summed E-state index contributed by atoms with van der Waals surface area (Å²) < 4.78 is 0. The molecule has 2 fully saturated rings. The van der Waals surface area contributed by atoms with Gasteiger partial charge in [-0.25, -0.2) is 0 Å². The maximum atomic E-state index is 9.35. The Labute approximate surface area is 60.1 Å². The molecular weight excluding hydrogens is 130 g/mol. The van der Waals surface area contributed by atoms with E-state index in [4.69, 9.17) is 0 Å². The summed E-state index contributed by atoms with van der Waals surface area (Å²) in [5.74, 6) is 0. The van der Waals surface area contributed by atoms with E-state index >= 15 is 0 Å². The first-order valence-electron chi connectivity index (χ1n) is 3.89. The highest BCUT2D eigenvalue weighted by atomic mass is 16.3. The molecule has 2 rings (SSSR count). The van der Waals surface area contributed by atoms with E-state index in [-0.39, 0.29) is 18.2 Å². The van der Waals surface area contributed by atoms with Gasteiger partial charge in [0, 0.05) is 6.04 Å². The third kappa shape index (κ3) is 0.856. The molecule has 0 unspecified atom stereocenters. The van der Waals surface area contributed by atoms with Gasteiger partial charge in [0.25, 0.3) is 0 Å². The van der Waals surface area contributed by atoms with Crippen LogP contribution in [0.1, 0.15) is 19.3 Å². The van der Waals surface area contributed by atoms with Crippen LogP contribution in [0.15, 0.2) is 0 Å². The molecular formula is C7H13NO2. The average Bonchev–Trinajstić information content (AvgIpc) is 2.21. The third-order valence-electron chi connectivity index (χ3n) is 2.59. The molecule has 0 aliphatic carbocycles. The van der Waals surface area contributed by atoms with Gasteiger partial charge in [0.1, 0.15) is 0 Å². The van der Waals surface area contributed by atoms with Gasteiger partial charge < -0.3 is 15.5 Å². The molecule has 58 valence electrons. The molecule has 2 aliphatic rings. The fourth-order valence-electron chi connectivity index (χ4n) is 2.01. The van der Waals surface area contributed by atoms with Gasteiger partial charge in [-0.15, -0.1) is 0 Å². The monoisotopic (exact) mass is 143 g/mol. The van der Waals surface area contributed by atoms with Crippen LogP contribution >= 0.6 is 0 Å². The predicted molar refractivity (Wildman–Crippen MR) is 36.6 cm³/mol. The van der Waals surface area contributed by atoms with Gasteiger partial charge in [-0.3, -0.25) is 0 Å². The second-order valence-electron chi connectivity index (χ2n) is 3.34. The Balaban J connectivity index is 2.10. The van der Waals surface area contributed by atoms with Gasteiger partial charge in [0.05, 0.1) is 18.2 Å². The minimum Gasteiger partial charge on any atom is -0.391 e. The van der Waals surface area contributed by atoms with Gasteiger partial charge >= 0.3 is 0 Å². The van der Waals surface area contributed by atoms with Crippen molar-refractivity contribution in [1.82, 2.24) is 5.32 Å². The van der Waals surface area contributed by atoms with Crippen molar-refractivity contribution in [2.24, 2.45) is 0 Å². The number of hydrogen-bond donors (Lipinski definition) is 3. The molecule has 2 aliphatic heterocycles. The van der Waals surface area contributed by atoms with Crippen LogP contribution in [0.25, 0.3) is 0 Å². The smallest absolute Gasteiger partial charge is 0.0733 e. The Hall–Kier alpha value is -0.120. The molecule has 2 bridgehead atoms. The van der Waals surface area contributed by atoms with E-state index < -0.39 is 0 Å². The van der Waals surface area contributed by atoms with Crippen molar-refractivity contribution < 1.29 is 10.2 Å². The lowest BCUT2D eigenvalue weighted by atomic mass is 10.0. The van der Waals surface area contributed by atoms with Crippen LogP contribution in [0.2, 0.25) is 0 Å². The second-order valence-corrected chi connectivity index (χ2v) is 3.34. The first kappa shape index (κ1) is 6.58. The van der Waals surface area contributed by atoms with Gasteiger partial charge in [0.15, 0.2) is 0 Å². The molecule has 4 atom stereocenters. The zero-order valence-electron chi connectivity index (χ0n) is 5.83. The van der Waals surface area contributed by atoms with E-state index in [1.165, 1.54) is 0 Å². The lowest BCUT2D eigenvalue weighted by Crippen LogP contribution is -2.46. The number of aliphatic hydroxyl groups excluding tert-OH is 2. The summed E-state index contributed by atoms with van der Waals surface area (Å²) >= 11 is 0. The van der Waals surface area contributed by atoms with Crippen molar-refractivity contribution in [3.8, 4) is 0 Å². The third-order valence-corrected chi connectivity index (χ3v) is 2.59. The van der Waals surface area contributed by atoms with Gasteiger partial charge in [-0.1, -0.05) is 0 Å². The second kappa shape index (κ2) is 2.19. The lowest BCUT2D eigenvalue weighted by molar-refractivity contribution is 0.0524. The van der Waals surface area contributed by atoms with Crippen LogP contribution < -0.4 is 5.32 Å². The molecule has 0 aromatic heterocycles. The molecule has 0 saturated carbocycles. The number of aliphatic hydroxyl groups is 2. The summed E-state index contributed by atoms with van der Waals surface area (Å²) in [5.41, 5.74) is 0. The number of rotatable bonds is 0. The highest BCUT2D eigenvalue weighted by Gasteiger charge is 2.40. The average molecular weight is 143 g/mol. The van der Waals surface area contributed by atoms with Crippen molar-refractivity contribution in [1.29, 1.82) is 0 Å². The quantitative estimate of drug-likeness (QED) is 0.417. The van der Waals surface area contributed by atoms with Gasteiger partial charge in [-0.05, 0) is 19.3 Å². The van der Waals surface area contributed by atoms with Crippen LogP contribution in [0.3, 0.4) is 0 Å². The molecule has 3 nitrogen and oxygen atoms in total. The number of nitrogens with one attached hydrogen (secondary N) is 1. The van der Waals surface area contributed by atoms with E-state index in [0.29, 0.717) is 6.04 Å². The van der Waals surface area contributed by atoms with Gasteiger partial charge in [-0.2, -0.15) is 0 Å². The zero-order valence-corrected chi connectivity index (χ0v) is 5.83. The van der Waals surface area contributed by atoms with E-state index in [1.807, 2.05) is 0 Å². The first-order valence-corrected chi connectivity index (χ1v) is 3.89. The minimum absolute atomic E-state index is 0.0428. The normalized spacial score (nSPS) is 53.4. The number of piperidine rings is 1. The Morgan fingerprint density at radius 2 is 1.90 bits per heavy atom. The highest BCUT2D eigenvalue weighted by molar-refractivity contribution is 4.99. The summed E-state index contributed by atoms with van der Waals surface area (Å²) in [6, 6.07) is 0.419. The highest BCUT2D eigenvalue weighted by Crippen LogP contribution is 2.26. The van der Waals surface area contributed by atoms with Crippen molar-refractivity contribution in [3.05, 3.63) is 0 Å². The molecule has 3 N–H and O–H groups in total. The standard InChI is InChI=1S/C7H13NO2/c9-5-2-1-4-3-6(10)7(5)8-4/h4-10H,1-3H2/t4-,5-,6-,7+/m0/s1. The predicted octanol–water partition coefficient (Wildman–Crippen LogP) is -0.768. The Bertz CT molecular complexity index is 136. The molecule has 2 saturated heterocycles. The Morgan fingerprint density at radius 1 is 1.10 bits per heavy atom. The summed E-state index contributed by atoms with van der Waals surface area (Å²) in [6.45, 7) is 0. The number of fused-ring (bicyclic) bond motifs is 2. The minimum atomic E-state index is -0.325. The Kier molecular flexibility index (Phi) is 1.44. The molecule has 0 spiro atoms. The van der Waals surface area contributed by atoms with E-state index in [9.17, 15) is 10.2 Å². The molecule has 10 heavy (non-hydrogen) atoms. The van der Waals surface area contributed by atoms with Crippen molar-refractivity contribution >= 4 is 0 Å². The summed E-state index contributed by atoms with van der Waals surface area (Å²) in [6.07, 6.45) is 2.03. The maximum absolute atomic E-state index is 9.35. The topological polar surface area (TPSA) is 52.5 Å². The van der Waals surface area contributed by atoms with E-state index in [1.54, 1.807) is 0 Å². The largest absolute Gasteiger partial charge is 0.391 e. The van der Waals surface area contributed by atoms with E-state index in [2.05, 4.69) is 5.32 Å². The fraction of sp³-hybridized carbons (Fsp3) is 1.00. The van der Waals surface area contributed by atoms with Crippen LogP contribution in [0, 0.1) is 0 Å². The van der Waals surface area contributed by atoms with Crippen LogP contribution in [0.4, 0.5) is 0 Å². The molecule has 0 radical (unpaired) electrons. The summed E-state index contributed by atoms with van der Waals surface area (Å²) in [7, 11) is 0. The van der Waals surface area contributed by atoms with Crippen LogP contribution in [-0.4, -0.2) is 34.5 Å². The van der Waals surface area contributed by atoms with Crippen molar-refractivity contribution in [2.75, 3.05) is 0 Å². The van der Waals surface area contributed by atoms with E-state index in [0.717, 1.165) is 19.3 Å². The maximum Gasteiger partial charge on any atom is 0.0733 e. The zero-order chi connectivity index (χ0) is 7.14. The molecule has 3 heteroatoms. The molecule has 0 amide bonds. The first-order chi connectivity index (χ1) is 4.77. The van der Waals surface area contributed by atoms with Crippen molar-refractivity contribution in [3.63, 3.8) is 0 Å². The summed E-state index contributed by atoms with van der Waals surface area (Å²) in [4.78, 5) is 0. The fourth-order valence-corrected chi connectivity index (χ4v) is 2.01. The molecule has 2 heterocycles. The summed E-state index contributed by atoms with van der Waals surface area (Å²) in [5, 5.41) is 21.9. The lowest BCUT2D eigenvalue weighted by Gasteiger charge is -2.26. The number of hydrogen-bond acceptors (Lipinski definition) is 3. The van der Waals surface area contributed by atoms with Crippen LogP contribution in [0.5, 0.6) is 0 Å². The SMILES string of the molecule is O[C@H]1CC[C@H]2C[C@H](O)[C@@H]1N2. The van der Waals surface area contributed by atoms with Crippen LogP contribution in [-0.2, 0) is 0 Å². The van der Waals surface area contributed by atoms with Gasteiger partial charge in [0.2, 0.25) is 0 Å². The molecule has 0 aromatic rings.